The van der Waals surface area contributed by atoms with E-state index < -0.39 is 5.25 Å². The van der Waals surface area contributed by atoms with Crippen LogP contribution >= 0.6 is 11.8 Å². The van der Waals surface area contributed by atoms with Crippen LogP contribution in [0.1, 0.15) is 24.0 Å². The maximum Gasteiger partial charge on any atom is 0.260 e. The molecule has 1 N–H and O–H groups in total. The molecule has 0 aromatic heterocycles. The SMILES string of the molecule is Cc1cccc(C)c1NC(=O)C[C@H]1SC(CC(=O)N2CCOCC2)=NC1=O. The Hall–Kier alpha value is -2.19. The predicted molar refractivity (Wildman–Crippen MR) is 105 cm³/mol. The van der Waals surface area contributed by atoms with E-state index in [9.17, 15) is 14.4 Å². The summed E-state index contributed by atoms with van der Waals surface area (Å²) in [5.41, 5.74) is 2.73. The maximum absolute atomic E-state index is 12.4. The lowest BCUT2D eigenvalue weighted by atomic mass is 10.1. The molecule has 0 spiro atoms. The lowest BCUT2D eigenvalue weighted by molar-refractivity contribution is -0.133. The number of hydrogen-bond donors (Lipinski definition) is 1. The lowest BCUT2D eigenvalue weighted by Crippen LogP contribution is -2.41. The highest BCUT2D eigenvalue weighted by atomic mass is 32.2. The third kappa shape index (κ3) is 4.95. The largest absolute Gasteiger partial charge is 0.378 e. The van der Waals surface area contributed by atoms with Crippen LogP contribution in [0.15, 0.2) is 23.2 Å². The Kier molecular flexibility index (Phi) is 6.28. The molecule has 2 heterocycles. The van der Waals surface area contributed by atoms with E-state index in [1.165, 1.54) is 11.8 Å². The van der Waals surface area contributed by atoms with Gasteiger partial charge >= 0.3 is 0 Å². The number of rotatable bonds is 5. The van der Waals surface area contributed by atoms with Gasteiger partial charge in [0.25, 0.3) is 5.91 Å². The van der Waals surface area contributed by atoms with Crippen molar-refractivity contribution in [3.05, 3.63) is 29.3 Å². The molecule has 0 unspecified atom stereocenters. The van der Waals surface area contributed by atoms with Gasteiger partial charge in [0.1, 0.15) is 5.25 Å². The van der Waals surface area contributed by atoms with Crippen molar-refractivity contribution in [2.45, 2.75) is 31.9 Å². The van der Waals surface area contributed by atoms with Crippen molar-refractivity contribution in [1.82, 2.24) is 4.90 Å². The van der Waals surface area contributed by atoms with E-state index in [-0.39, 0.29) is 30.6 Å². The van der Waals surface area contributed by atoms with Crippen LogP contribution in [0.2, 0.25) is 0 Å². The topological polar surface area (TPSA) is 88.1 Å². The second-order valence-electron chi connectivity index (χ2n) is 6.64. The molecule has 2 aliphatic rings. The van der Waals surface area contributed by atoms with Crippen molar-refractivity contribution >= 4 is 40.2 Å². The van der Waals surface area contributed by atoms with E-state index in [1.807, 2.05) is 32.0 Å². The minimum Gasteiger partial charge on any atom is -0.378 e. The number of ether oxygens (including phenoxy) is 1. The Morgan fingerprint density at radius 2 is 1.93 bits per heavy atom. The van der Waals surface area contributed by atoms with Gasteiger partial charge in [0.05, 0.1) is 24.7 Å². The van der Waals surface area contributed by atoms with Crippen molar-refractivity contribution in [2.24, 2.45) is 4.99 Å². The van der Waals surface area contributed by atoms with Crippen LogP contribution in [0, 0.1) is 13.8 Å². The molecule has 3 amide bonds. The summed E-state index contributed by atoms with van der Waals surface area (Å²) in [6, 6.07) is 5.79. The summed E-state index contributed by atoms with van der Waals surface area (Å²) in [6.07, 6.45) is 0.140. The van der Waals surface area contributed by atoms with E-state index in [1.54, 1.807) is 4.90 Å². The van der Waals surface area contributed by atoms with Gasteiger partial charge in [-0.2, -0.15) is 0 Å². The van der Waals surface area contributed by atoms with Gasteiger partial charge < -0.3 is 15.0 Å². The van der Waals surface area contributed by atoms with E-state index in [0.717, 1.165) is 16.8 Å². The highest BCUT2D eigenvalue weighted by Gasteiger charge is 2.32. The fraction of sp³-hybridized carbons (Fsp3) is 0.474. The molecule has 1 atom stereocenters. The van der Waals surface area contributed by atoms with Crippen LogP contribution in [0.5, 0.6) is 0 Å². The molecule has 1 fully saturated rings. The first-order valence-electron chi connectivity index (χ1n) is 8.93. The summed E-state index contributed by atoms with van der Waals surface area (Å²) < 4.78 is 5.24. The summed E-state index contributed by atoms with van der Waals surface area (Å²) >= 11 is 1.22. The first-order chi connectivity index (χ1) is 12.9. The summed E-state index contributed by atoms with van der Waals surface area (Å²) in [6.45, 7) is 6.04. The van der Waals surface area contributed by atoms with Gasteiger partial charge in [0, 0.05) is 25.2 Å². The molecule has 2 aliphatic heterocycles. The molecule has 27 heavy (non-hydrogen) atoms. The number of para-hydroxylation sites is 1. The van der Waals surface area contributed by atoms with Crippen molar-refractivity contribution in [3.8, 4) is 0 Å². The number of hydrogen-bond acceptors (Lipinski definition) is 5. The first-order valence-corrected chi connectivity index (χ1v) is 9.81. The van der Waals surface area contributed by atoms with Gasteiger partial charge in [-0.1, -0.05) is 30.0 Å². The molecule has 0 bridgehead atoms. The normalized spacial score (nSPS) is 19.8. The third-order valence-electron chi connectivity index (χ3n) is 4.57. The number of carbonyl (C=O) groups is 3. The Morgan fingerprint density at radius 1 is 1.26 bits per heavy atom. The first kappa shape index (κ1) is 19.6. The van der Waals surface area contributed by atoms with Crippen LogP contribution in [-0.2, 0) is 19.1 Å². The molecule has 0 radical (unpaired) electrons. The minimum atomic E-state index is -0.568. The van der Waals surface area contributed by atoms with Crippen molar-refractivity contribution in [2.75, 3.05) is 31.6 Å². The van der Waals surface area contributed by atoms with Crippen molar-refractivity contribution in [1.29, 1.82) is 0 Å². The monoisotopic (exact) mass is 389 g/mol. The Bertz CT molecular complexity index is 767. The zero-order chi connectivity index (χ0) is 19.4. The average molecular weight is 389 g/mol. The van der Waals surface area contributed by atoms with Crippen molar-refractivity contribution in [3.63, 3.8) is 0 Å². The molecular formula is C19H23N3O4S. The van der Waals surface area contributed by atoms with Gasteiger partial charge in [0.15, 0.2) is 0 Å². The third-order valence-corrected chi connectivity index (χ3v) is 5.73. The Balaban J connectivity index is 1.53. The second kappa shape index (κ2) is 8.67. The van der Waals surface area contributed by atoms with E-state index in [0.29, 0.717) is 31.3 Å². The standard InChI is InChI=1S/C19H23N3O4S/c1-12-4-3-5-13(2)18(12)20-15(23)10-14-19(25)21-16(27-14)11-17(24)22-6-8-26-9-7-22/h3-5,14H,6-11H2,1-2H3,(H,20,23)/t14-/m1/s1. The number of nitrogens with zero attached hydrogens (tertiary/aromatic N) is 2. The number of benzene rings is 1. The molecule has 8 heteroatoms. The number of nitrogens with one attached hydrogen (secondary N) is 1. The van der Waals surface area contributed by atoms with Crippen LogP contribution < -0.4 is 5.32 Å². The number of morpholine rings is 1. The quantitative estimate of drug-likeness (QED) is 0.831. The molecule has 1 aromatic rings. The molecule has 7 nitrogen and oxygen atoms in total. The van der Waals surface area contributed by atoms with Crippen LogP contribution in [0.25, 0.3) is 0 Å². The lowest BCUT2D eigenvalue weighted by Gasteiger charge is -2.26. The summed E-state index contributed by atoms with van der Waals surface area (Å²) in [5.74, 6) is -0.631. The highest BCUT2D eigenvalue weighted by Crippen LogP contribution is 2.28. The highest BCUT2D eigenvalue weighted by molar-refractivity contribution is 8.15. The number of amides is 3. The molecule has 1 aromatic carbocycles. The van der Waals surface area contributed by atoms with Crippen LogP contribution in [-0.4, -0.2) is 59.2 Å². The Morgan fingerprint density at radius 3 is 2.59 bits per heavy atom. The summed E-state index contributed by atoms with van der Waals surface area (Å²) in [5, 5.41) is 2.81. The fourth-order valence-corrected chi connectivity index (χ4v) is 4.14. The second-order valence-corrected chi connectivity index (χ2v) is 7.92. The molecule has 3 rings (SSSR count). The van der Waals surface area contributed by atoms with E-state index in [2.05, 4.69) is 10.3 Å². The minimum absolute atomic E-state index is 0.0377. The van der Waals surface area contributed by atoms with Gasteiger partial charge in [-0.05, 0) is 25.0 Å². The maximum atomic E-state index is 12.4. The number of carbonyl (C=O) groups excluding carboxylic acids is 3. The average Bonchev–Trinajstić information content (AvgIpc) is 2.98. The molecular weight excluding hydrogens is 366 g/mol. The zero-order valence-electron chi connectivity index (χ0n) is 15.5. The van der Waals surface area contributed by atoms with Crippen LogP contribution in [0.4, 0.5) is 5.69 Å². The summed E-state index contributed by atoms with van der Waals surface area (Å²) in [7, 11) is 0. The van der Waals surface area contributed by atoms with Crippen LogP contribution in [0.3, 0.4) is 0 Å². The molecule has 0 saturated carbocycles. The van der Waals surface area contributed by atoms with Gasteiger partial charge in [0.2, 0.25) is 11.8 Å². The molecule has 0 aliphatic carbocycles. The number of anilines is 1. The van der Waals surface area contributed by atoms with E-state index >= 15 is 0 Å². The van der Waals surface area contributed by atoms with Crippen molar-refractivity contribution < 1.29 is 19.1 Å². The number of thioether (sulfide) groups is 1. The van der Waals surface area contributed by atoms with Gasteiger partial charge in [-0.15, -0.1) is 0 Å². The van der Waals surface area contributed by atoms with Gasteiger partial charge in [-0.25, -0.2) is 4.99 Å². The number of aryl methyl sites for hydroxylation is 2. The predicted octanol–water partition coefficient (Wildman–Crippen LogP) is 1.92. The smallest absolute Gasteiger partial charge is 0.260 e. The fourth-order valence-electron chi connectivity index (χ4n) is 3.07. The molecule has 1 saturated heterocycles. The Labute approximate surface area is 162 Å². The summed E-state index contributed by atoms with van der Waals surface area (Å²) in [4.78, 5) is 42.5. The zero-order valence-corrected chi connectivity index (χ0v) is 16.3. The van der Waals surface area contributed by atoms with E-state index in [4.69, 9.17) is 4.74 Å². The number of aliphatic imine (C=N–C) groups is 1. The molecule has 144 valence electrons. The van der Waals surface area contributed by atoms with Gasteiger partial charge in [-0.3, -0.25) is 14.4 Å².